The molecule has 108 valence electrons. The van der Waals surface area contributed by atoms with Crippen LogP contribution in [-0.2, 0) is 6.42 Å². The highest BCUT2D eigenvalue weighted by Gasteiger charge is 2.15. The van der Waals surface area contributed by atoms with Crippen molar-refractivity contribution in [2.75, 3.05) is 12.4 Å². The van der Waals surface area contributed by atoms with E-state index in [-0.39, 0.29) is 6.04 Å². The Hall–Kier alpha value is -1.95. The van der Waals surface area contributed by atoms with E-state index in [0.29, 0.717) is 17.8 Å². The van der Waals surface area contributed by atoms with Crippen molar-refractivity contribution in [1.82, 2.24) is 20.4 Å². The zero-order valence-corrected chi connectivity index (χ0v) is 12.3. The normalized spacial score (nSPS) is 12.7. The van der Waals surface area contributed by atoms with Gasteiger partial charge in [0.2, 0.25) is 0 Å². The average molecular weight is 275 g/mol. The summed E-state index contributed by atoms with van der Waals surface area (Å²) in [5, 5.41) is 10.5. The highest BCUT2D eigenvalue weighted by Crippen LogP contribution is 2.24. The summed E-state index contributed by atoms with van der Waals surface area (Å²) in [7, 11) is 1.91. The lowest BCUT2D eigenvalue weighted by molar-refractivity contribution is 0.418. The fourth-order valence-corrected chi connectivity index (χ4v) is 1.79. The number of nitrogens with one attached hydrogen (secondary N) is 2. The van der Waals surface area contributed by atoms with Crippen molar-refractivity contribution in [3.05, 3.63) is 24.2 Å². The first-order chi connectivity index (χ1) is 9.60. The summed E-state index contributed by atoms with van der Waals surface area (Å²) in [6, 6.07) is 4.38. The van der Waals surface area contributed by atoms with E-state index in [0.717, 1.165) is 17.8 Å². The van der Waals surface area contributed by atoms with Crippen LogP contribution in [0.25, 0.3) is 11.5 Å². The molecule has 6 heteroatoms. The van der Waals surface area contributed by atoms with Crippen LogP contribution in [0, 0.1) is 0 Å². The Bertz CT molecular complexity index is 552. The van der Waals surface area contributed by atoms with Crippen molar-refractivity contribution in [3.8, 4) is 11.5 Å². The number of anilines is 1. The SMILES string of the molecule is CNC(C)Cc1noc(-c2cccnc2NC(C)C)n1. The van der Waals surface area contributed by atoms with Gasteiger partial charge in [-0.3, -0.25) is 0 Å². The van der Waals surface area contributed by atoms with Crippen LogP contribution in [0.1, 0.15) is 26.6 Å². The fourth-order valence-electron chi connectivity index (χ4n) is 1.79. The first kappa shape index (κ1) is 14.5. The molecule has 2 rings (SSSR count). The van der Waals surface area contributed by atoms with Crippen LogP contribution in [0.15, 0.2) is 22.9 Å². The van der Waals surface area contributed by atoms with Gasteiger partial charge in [0.05, 0.1) is 5.56 Å². The van der Waals surface area contributed by atoms with E-state index in [1.807, 2.05) is 19.2 Å². The number of nitrogens with zero attached hydrogens (tertiary/aromatic N) is 3. The maximum atomic E-state index is 5.35. The molecule has 2 N–H and O–H groups in total. The molecule has 1 atom stereocenters. The summed E-state index contributed by atoms with van der Waals surface area (Å²) < 4.78 is 5.35. The van der Waals surface area contributed by atoms with Gasteiger partial charge in [-0.2, -0.15) is 4.98 Å². The number of aromatic nitrogens is 3. The molecule has 0 spiro atoms. The van der Waals surface area contributed by atoms with Crippen LogP contribution >= 0.6 is 0 Å². The molecule has 0 bridgehead atoms. The zero-order valence-electron chi connectivity index (χ0n) is 12.3. The third-order valence-electron chi connectivity index (χ3n) is 2.91. The van der Waals surface area contributed by atoms with E-state index < -0.39 is 0 Å². The summed E-state index contributed by atoms with van der Waals surface area (Å²) in [5.41, 5.74) is 0.831. The van der Waals surface area contributed by atoms with E-state index in [2.05, 4.69) is 46.5 Å². The van der Waals surface area contributed by atoms with Crippen molar-refractivity contribution in [1.29, 1.82) is 0 Å². The quantitative estimate of drug-likeness (QED) is 0.841. The summed E-state index contributed by atoms with van der Waals surface area (Å²) in [6.45, 7) is 6.20. The van der Waals surface area contributed by atoms with Gasteiger partial charge < -0.3 is 15.2 Å². The summed E-state index contributed by atoms with van der Waals surface area (Å²) >= 11 is 0. The second-order valence-electron chi connectivity index (χ2n) is 5.11. The Morgan fingerprint density at radius 3 is 2.80 bits per heavy atom. The van der Waals surface area contributed by atoms with Crippen molar-refractivity contribution < 1.29 is 4.52 Å². The van der Waals surface area contributed by atoms with Gasteiger partial charge in [-0.25, -0.2) is 4.98 Å². The highest BCUT2D eigenvalue weighted by atomic mass is 16.5. The summed E-state index contributed by atoms with van der Waals surface area (Å²) in [4.78, 5) is 8.77. The van der Waals surface area contributed by atoms with Gasteiger partial charge in [-0.1, -0.05) is 5.16 Å². The lowest BCUT2D eigenvalue weighted by atomic mass is 10.2. The largest absolute Gasteiger partial charge is 0.367 e. The van der Waals surface area contributed by atoms with E-state index in [1.54, 1.807) is 6.20 Å². The molecule has 20 heavy (non-hydrogen) atoms. The molecular formula is C14H21N5O. The molecule has 0 saturated carbocycles. The van der Waals surface area contributed by atoms with E-state index in [4.69, 9.17) is 4.52 Å². The fraction of sp³-hybridized carbons (Fsp3) is 0.500. The molecular weight excluding hydrogens is 254 g/mol. The number of hydrogen-bond acceptors (Lipinski definition) is 6. The Labute approximate surface area is 119 Å². The van der Waals surface area contributed by atoms with Crippen LogP contribution < -0.4 is 10.6 Å². The van der Waals surface area contributed by atoms with E-state index in [9.17, 15) is 0 Å². The average Bonchev–Trinajstić information content (AvgIpc) is 2.87. The molecule has 0 fully saturated rings. The number of likely N-dealkylation sites (N-methyl/N-ethyl adjacent to an activating group) is 1. The third-order valence-corrected chi connectivity index (χ3v) is 2.91. The molecule has 6 nitrogen and oxygen atoms in total. The number of rotatable bonds is 6. The Morgan fingerprint density at radius 2 is 2.10 bits per heavy atom. The number of pyridine rings is 1. The van der Waals surface area contributed by atoms with Gasteiger partial charge in [-0.15, -0.1) is 0 Å². The van der Waals surface area contributed by atoms with E-state index >= 15 is 0 Å². The zero-order chi connectivity index (χ0) is 14.5. The van der Waals surface area contributed by atoms with Gasteiger partial charge in [0.25, 0.3) is 5.89 Å². The maximum Gasteiger partial charge on any atom is 0.261 e. The van der Waals surface area contributed by atoms with Crippen molar-refractivity contribution in [3.63, 3.8) is 0 Å². The predicted molar refractivity (Wildman–Crippen MR) is 78.5 cm³/mol. The molecule has 0 aliphatic carbocycles. The van der Waals surface area contributed by atoms with Crippen LogP contribution in [0.2, 0.25) is 0 Å². The molecule has 0 aromatic carbocycles. The maximum absolute atomic E-state index is 5.35. The van der Waals surface area contributed by atoms with Crippen LogP contribution in [-0.4, -0.2) is 34.3 Å². The lowest BCUT2D eigenvalue weighted by Crippen LogP contribution is -2.24. The van der Waals surface area contributed by atoms with Crippen LogP contribution in [0.5, 0.6) is 0 Å². The third kappa shape index (κ3) is 3.54. The minimum atomic E-state index is 0.287. The molecule has 2 aromatic rings. The van der Waals surface area contributed by atoms with Crippen LogP contribution in [0.4, 0.5) is 5.82 Å². The first-order valence-electron chi connectivity index (χ1n) is 6.82. The predicted octanol–water partition coefficient (Wildman–Crippen LogP) is 2.10. The molecule has 0 aliphatic rings. The molecule has 0 amide bonds. The Balaban J connectivity index is 2.23. The molecule has 2 aromatic heterocycles. The van der Waals surface area contributed by atoms with Gasteiger partial charge >= 0.3 is 0 Å². The van der Waals surface area contributed by atoms with Crippen molar-refractivity contribution in [2.45, 2.75) is 39.3 Å². The lowest BCUT2D eigenvalue weighted by Gasteiger charge is -2.10. The van der Waals surface area contributed by atoms with Crippen LogP contribution in [0.3, 0.4) is 0 Å². The Kier molecular flexibility index (Phi) is 4.68. The standard InChI is InChI=1S/C14H21N5O/c1-9(2)17-13-11(6-5-7-16-13)14-18-12(19-20-14)8-10(3)15-4/h5-7,9-10,15H,8H2,1-4H3,(H,16,17). The molecule has 2 heterocycles. The summed E-state index contributed by atoms with van der Waals surface area (Å²) in [5.74, 6) is 1.96. The molecule has 0 radical (unpaired) electrons. The topological polar surface area (TPSA) is 75.9 Å². The summed E-state index contributed by atoms with van der Waals surface area (Å²) in [6.07, 6.45) is 2.47. The second kappa shape index (κ2) is 6.47. The van der Waals surface area contributed by atoms with E-state index in [1.165, 1.54) is 0 Å². The smallest absolute Gasteiger partial charge is 0.261 e. The Morgan fingerprint density at radius 1 is 1.30 bits per heavy atom. The highest BCUT2D eigenvalue weighted by molar-refractivity contribution is 5.68. The van der Waals surface area contributed by atoms with Gasteiger partial charge in [0.15, 0.2) is 5.82 Å². The first-order valence-corrected chi connectivity index (χ1v) is 6.82. The van der Waals surface area contributed by atoms with Gasteiger partial charge in [-0.05, 0) is 40.0 Å². The minimum Gasteiger partial charge on any atom is -0.367 e. The second-order valence-corrected chi connectivity index (χ2v) is 5.11. The van der Waals surface area contributed by atoms with Crippen molar-refractivity contribution in [2.24, 2.45) is 0 Å². The molecule has 0 aliphatic heterocycles. The monoisotopic (exact) mass is 275 g/mol. The van der Waals surface area contributed by atoms with Gasteiger partial charge in [0, 0.05) is 24.7 Å². The molecule has 0 saturated heterocycles. The van der Waals surface area contributed by atoms with Gasteiger partial charge in [0.1, 0.15) is 5.82 Å². The minimum absolute atomic E-state index is 0.287. The van der Waals surface area contributed by atoms with Crippen molar-refractivity contribution >= 4 is 5.82 Å². The molecule has 1 unspecified atom stereocenters. The number of hydrogen-bond donors (Lipinski definition) is 2.